The maximum atomic E-state index is 12.1. The van der Waals surface area contributed by atoms with Crippen LogP contribution in [0.15, 0.2) is 60.7 Å². The summed E-state index contributed by atoms with van der Waals surface area (Å²) in [4.78, 5) is 21.6. The SMILES string of the molecule is NC(=O)C1C2C=CC(C2)C1Nc1nc(Cc2cccc(O)c2)nc2ccccc12. The first-order valence-electron chi connectivity index (χ1n) is 9.86. The summed E-state index contributed by atoms with van der Waals surface area (Å²) in [6.07, 6.45) is 5.75. The van der Waals surface area contributed by atoms with Crippen LogP contribution in [-0.4, -0.2) is 27.0 Å². The Balaban J connectivity index is 1.52. The molecule has 2 aliphatic carbocycles. The molecular weight excluding hydrogens is 364 g/mol. The lowest BCUT2D eigenvalue weighted by Crippen LogP contribution is -2.41. The van der Waals surface area contributed by atoms with Crippen molar-refractivity contribution in [3.63, 3.8) is 0 Å². The number of hydrogen-bond acceptors (Lipinski definition) is 5. The summed E-state index contributed by atoms with van der Waals surface area (Å²) in [6.45, 7) is 0. The van der Waals surface area contributed by atoms with Crippen molar-refractivity contribution in [2.45, 2.75) is 18.9 Å². The number of nitrogens with two attached hydrogens (primary N) is 1. The molecule has 29 heavy (non-hydrogen) atoms. The largest absolute Gasteiger partial charge is 0.508 e. The van der Waals surface area contributed by atoms with Gasteiger partial charge in [0, 0.05) is 17.8 Å². The Hall–Kier alpha value is -3.41. The van der Waals surface area contributed by atoms with Crippen molar-refractivity contribution in [2.75, 3.05) is 5.32 Å². The molecule has 1 saturated carbocycles. The van der Waals surface area contributed by atoms with Crippen molar-refractivity contribution >= 4 is 22.6 Å². The highest BCUT2D eigenvalue weighted by molar-refractivity contribution is 5.89. The van der Waals surface area contributed by atoms with Gasteiger partial charge in [0.2, 0.25) is 5.91 Å². The number of amides is 1. The van der Waals surface area contributed by atoms with Crippen LogP contribution >= 0.6 is 0 Å². The van der Waals surface area contributed by atoms with Crippen LogP contribution in [-0.2, 0) is 11.2 Å². The molecule has 146 valence electrons. The lowest BCUT2D eigenvalue weighted by atomic mass is 9.88. The number of benzene rings is 2. The van der Waals surface area contributed by atoms with Gasteiger partial charge in [0.1, 0.15) is 17.4 Å². The lowest BCUT2D eigenvalue weighted by molar-refractivity contribution is -0.122. The highest BCUT2D eigenvalue weighted by Gasteiger charge is 2.47. The normalized spacial score (nSPS) is 24.8. The average Bonchev–Trinajstić information content (AvgIpc) is 3.29. The van der Waals surface area contributed by atoms with E-state index in [1.165, 1.54) is 0 Å². The third-order valence-electron chi connectivity index (χ3n) is 6.01. The van der Waals surface area contributed by atoms with Gasteiger partial charge in [-0.05, 0) is 48.1 Å². The molecule has 2 aromatic carbocycles. The fourth-order valence-electron chi connectivity index (χ4n) is 4.73. The highest BCUT2D eigenvalue weighted by Crippen LogP contribution is 2.45. The van der Waals surface area contributed by atoms with Crippen LogP contribution in [0.3, 0.4) is 0 Å². The zero-order valence-corrected chi connectivity index (χ0v) is 15.8. The summed E-state index contributed by atoms with van der Waals surface area (Å²) in [6, 6.07) is 14.9. The molecule has 1 aromatic heterocycles. The molecule has 3 aromatic rings. The molecule has 6 nitrogen and oxygen atoms in total. The van der Waals surface area contributed by atoms with Gasteiger partial charge in [-0.15, -0.1) is 0 Å². The van der Waals surface area contributed by atoms with Crippen LogP contribution in [0, 0.1) is 17.8 Å². The lowest BCUT2D eigenvalue weighted by Gasteiger charge is -2.27. The third kappa shape index (κ3) is 3.20. The Labute approximate surface area is 168 Å². The first-order chi connectivity index (χ1) is 14.1. The molecule has 1 amide bonds. The van der Waals surface area contributed by atoms with Gasteiger partial charge in [-0.1, -0.05) is 36.4 Å². The number of nitrogens with one attached hydrogen (secondary N) is 1. The average molecular weight is 386 g/mol. The second-order valence-electron chi connectivity index (χ2n) is 7.90. The molecule has 0 radical (unpaired) electrons. The molecule has 2 bridgehead atoms. The van der Waals surface area contributed by atoms with E-state index in [4.69, 9.17) is 15.7 Å². The van der Waals surface area contributed by atoms with Crippen LogP contribution in [0.25, 0.3) is 10.9 Å². The molecule has 1 heterocycles. The minimum atomic E-state index is -0.266. The van der Waals surface area contributed by atoms with Crippen molar-refractivity contribution in [1.29, 1.82) is 0 Å². The Bertz CT molecular complexity index is 1130. The number of fused-ring (bicyclic) bond motifs is 3. The minimum Gasteiger partial charge on any atom is -0.508 e. The van der Waals surface area contributed by atoms with E-state index >= 15 is 0 Å². The molecule has 4 N–H and O–H groups in total. The number of rotatable bonds is 5. The maximum absolute atomic E-state index is 12.1. The van der Waals surface area contributed by atoms with Crippen LogP contribution < -0.4 is 11.1 Å². The van der Waals surface area contributed by atoms with Crippen molar-refractivity contribution in [1.82, 2.24) is 9.97 Å². The number of primary amides is 1. The number of anilines is 1. The number of aromatic hydroxyl groups is 1. The molecular formula is C23H22N4O2. The first-order valence-corrected chi connectivity index (χ1v) is 9.86. The Morgan fingerprint density at radius 1 is 1.10 bits per heavy atom. The van der Waals surface area contributed by atoms with Gasteiger partial charge in [-0.25, -0.2) is 9.97 Å². The summed E-state index contributed by atoms with van der Waals surface area (Å²) in [5, 5.41) is 14.2. The van der Waals surface area contributed by atoms with Crippen LogP contribution in [0.1, 0.15) is 17.8 Å². The summed E-state index contributed by atoms with van der Waals surface area (Å²) in [7, 11) is 0. The summed E-state index contributed by atoms with van der Waals surface area (Å²) >= 11 is 0. The number of hydrogen-bond donors (Lipinski definition) is 3. The second-order valence-corrected chi connectivity index (χ2v) is 7.90. The van der Waals surface area contributed by atoms with Gasteiger partial charge in [0.25, 0.3) is 0 Å². The number of allylic oxidation sites excluding steroid dienone is 1. The first kappa shape index (κ1) is 17.7. The molecule has 1 fully saturated rings. The molecule has 0 aliphatic heterocycles. The van der Waals surface area contributed by atoms with E-state index in [-0.39, 0.29) is 35.5 Å². The monoisotopic (exact) mass is 386 g/mol. The number of carbonyl (C=O) groups is 1. The zero-order valence-electron chi connectivity index (χ0n) is 15.8. The number of phenols is 1. The van der Waals surface area contributed by atoms with Crippen molar-refractivity contribution in [2.24, 2.45) is 23.5 Å². The van der Waals surface area contributed by atoms with Gasteiger partial charge < -0.3 is 16.2 Å². The second kappa shape index (κ2) is 6.88. The maximum Gasteiger partial charge on any atom is 0.223 e. The molecule has 2 aliphatic rings. The summed E-state index contributed by atoms with van der Waals surface area (Å²) in [5.41, 5.74) is 7.49. The number of carbonyl (C=O) groups excluding carboxylic acids is 1. The molecule has 0 spiro atoms. The summed E-state index contributed by atoms with van der Waals surface area (Å²) in [5.74, 6) is 1.59. The van der Waals surface area contributed by atoms with E-state index in [1.54, 1.807) is 12.1 Å². The number of aromatic nitrogens is 2. The van der Waals surface area contributed by atoms with Gasteiger partial charge >= 0.3 is 0 Å². The van der Waals surface area contributed by atoms with Gasteiger partial charge in [0.05, 0.1) is 11.4 Å². The van der Waals surface area contributed by atoms with Crippen LogP contribution in [0.5, 0.6) is 5.75 Å². The molecule has 0 saturated heterocycles. The molecule has 6 heteroatoms. The molecule has 4 unspecified atom stereocenters. The minimum absolute atomic E-state index is 0.0607. The van der Waals surface area contributed by atoms with Crippen molar-refractivity contribution in [3.8, 4) is 5.75 Å². The Kier molecular flexibility index (Phi) is 4.19. The van der Waals surface area contributed by atoms with Crippen LogP contribution in [0.2, 0.25) is 0 Å². The fraction of sp³-hybridized carbons (Fsp3) is 0.261. The number of para-hydroxylation sites is 1. The predicted octanol–water partition coefficient (Wildman–Crippen LogP) is 3.01. The zero-order chi connectivity index (χ0) is 20.0. The van der Waals surface area contributed by atoms with Crippen molar-refractivity contribution in [3.05, 3.63) is 72.1 Å². The topological polar surface area (TPSA) is 101 Å². The number of phenolic OH excluding ortho intramolecular Hbond substituents is 1. The predicted molar refractivity (Wildman–Crippen MR) is 111 cm³/mol. The molecule has 5 rings (SSSR count). The van der Waals surface area contributed by atoms with E-state index in [0.717, 1.165) is 28.7 Å². The Morgan fingerprint density at radius 2 is 1.93 bits per heavy atom. The quantitative estimate of drug-likeness (QED) is 0.585. The van der Waals surface area contributed by atoms with Crippen molar-refractivity contribution < 1.29 is 9.90 Å². The van der Waals surface area contributed by atoms with E-state index in [1.807, 2.05) is 36.4 Å². The third-order valence-corrected chi connectivity index (χ3v) is 6.01. The Morgan fingerprint density at radius 3 is 2.76 bits per heavy atom. The van der Waals surface area contributed by atoms with E-state index < -0.39 is 0 Å². The summed E-state index contributed by atoms with van der Waals surface area (Å²) < 4.78 is 0. The van der Waals surface area contributed by atoms with Gasteiger partial charge in [-0.3, -0.25) is 4.79 Å². The van der Waals surface area contributed by atoms with Crippen LogP contribution in [0.4, 0.5) is 5.82 Å². The van der Waals surface area contributed by atoms with E-state index in [0.29, 0.717) is 12.2 Å². The smallest absolute Gasteiger partial charge is 0.223 e. The van der Waals surface area contributed by atoms with Gasteiger partial charge in [0.15, 0.2) is 0 Å². The van der Waals surface area contributed by atoms with Gasteiger partial charge in [-0.2, -0.15) is 0 Å². The van der Waals surface area contributed by atoms with E-state index in [9.17, 15) is 9.90 Å². The standard InChI is InChI=1S/C23H22N4O2/c24-22(29)20-14-8-9-15(12-14)21(20)27-23-17-6-1-2-7-18(17)25-19(26-23)11-13-4-3-5-16(28)10-13/h1-10,14-15,20-21,28H,11-12H2,(H2,24,29)(H,25,26,27). The van der Waals surface area contributed by atoms with E-state index in [2.05, 4.69) is 17.5 Å². The molecule has 4 atom stereocenters. The number of nitrogens with zero attached hydrogens (tertiary/aromatic N) is 2. The highest BCUT2D eigenvalue weighted by atomic mass is 16.3. The fourth-order valence-corrected chi connectivity index (χ4v) is 4.73.